The molecule has 0 saturated carbocycles. The molecule has 6 heteroatoms. The molecule has 0 unspecified atom stereocenters. The molecule has 10 aromatic rings. The first-order valence-electron chi connectivity index (χ1n) is 28.1. The van der Waals surface area contributed by atoms with Gasteiger partial charge < -0.3 is 19.3 Å². The second kappa shape index (κ2) is 16.0. The molecule has 15 rings (SSSR count). The topological polar surface area (TPSA) is 42.8 Å². The van der Waals surface area contributed by atoms with Gasteiger partial charge in [-0.3, -0.25) is 4.57 Å². The first-order chi connectivity index (χ1) is 37.5. The van der Waals surface area contributed by atoms with Gasteiger partial charge in [0.05, 0.1) is 37.7 Å². The lowest BCUT2D eigenvalue weighted by Crippen LogP contribution is -2.25. The zero-order valence-corrected chi connectivity index (χ0v) is 39.2. The number of aromatic nitrogens is 2. The fourth-order valence-electron chi connectivity index (χ4n) is 9.35. The van der Waals surface area contributed by atoms with Gasteiger partial charge >= 0.3 is 0 Å². The van der Waals surface area contributed by atoms with E-state index in [1.165, 1.54) is 0 Å². The normalized spacial score (nSPS) is 15.5. The van der Waals surface area contributed by atoms with Gasteiger partial charge in [0.1, 0.15) is 35.5 Å². The van der Waals surface area contributed by atoms with Crippen LogP contribution in [0, 0.1) is 6.85 Å². The third kappa shape index (κ3) is 7.48. The molecule has 338 valence electrons. The van der Waals surface area contributed by atoms with Crippen LogP contribution in [0.1, 0.15) is 71.9 Å². The molecule has 0 N–H and O–H groups in total. The van der Waals surface area contributed by atoms with Crippen LogP contribution in [0.4, 0.5) is 22.7 Å². The van der Waals surface area contributed by atoms with E-state index in [1.54, 1.807) is 47.2 Å². The number of para-hydroxylation sites is 3. The van der Waals surface area contributed by atoms with Gasteiger partial charge in [0.2, 0.25) is 0 Å². The molecule has 0 aliphatic carbocycles. The summed E-state index contributed by atoms with van der Waals surface area (Å²) in [5.74, 6) is 1.94. The van der Waals surface area contributed by atoms with Crippen LogP contribution >= 0.6 is 0 Å². The number of hydrogen-bond acceptors (Lipinski definition) is 5. The standard InChI is InChI=1S/C63H54N4O2/c1-40-34-43-22-32-59(40)69-48-27-20-42(21-28-48)52-15-11-14-51(41-18-24-45(25-19-41)62(2,3)4)61(52)66-39-65(56-16-8-9-17-57(56)66)47-12-10-13-49(36-47)68-50-29-30-53-54-35-46(63(5,6)7)26-31-55(54)67(58(53)37-50)60-33-23-44(43)38-64-60/h8-38H,39H2,1-7H3/i1D3,18D,19D,24D,25D,26D,31D,35D. The Morgan fingerprint density at radius 1 is 0.536 bits per heavy atom. The van der Waals surface area contributed by atoms with Crippen molar-refractivity contribution in [3.63, 3.8) is 0 Å². The smallest absolute Gasteiger partial charge is 0.137 e. The van der Waals surface area contributed by atoms with Crippen molar-refractivity contribution in [1.29, 1.82) is 0 Å². The summed E-state index contributed by atoms with van der Waals surface area (Å²) >= 11 is 0. The molecule has 8 aromatic carbocycles. The number of aryl methyl sites for hydroxylation is 1. The van der Waals surface area contributed by atoms with Crippen molar-refractivity contribution in [3.8, 4) is 62.2 Å². The molecule has 7 heterocycles. The van der Waals surface area contributed by atoms with E-state index in [-0.39, 0.29) is 65.8 Å². The number of pyridine rings is 1. The molecule has 12 bridgehead atoms. The number of rotatable bonds is 1. The van der Waals surface area contributed by atoms with E-state index in [2.05, 4.69) is 9.80 Å². The average Bonchev–Trinajstić information content (AvgIpc) is 3.97. The van der Waals surface area contributed by atoms with Crippen molar-refractivity contribution in [1.82, 2.24) is 9.55 Å². The second-order valence-electron chi connectivity index (χ2n) is 19.8. The summed E-state index contributed by atoms with van der Waals surface area (Å²) < 4.78 is 107. The summed E-state index contributed by atoms with van der Waals surface area (Å²) in [6.07, 6.45) is 1.65. The maximum Gasteiger partial charge on any atom is 0.137 e. The summed E-state index contributed by atoms with van der Waals surface area (Å²) in [5, 5.41) is 1.19. The summed E-state index contributed by atoms with van der Waals surface area (Å²) in [6.45, 7) is 9.18. The van der Waals surface area contributed by atoms with Crippen LogP contribution in [0.25, 0.3) is 61.0 Å². The fourth-order valence-corrected chi connectivity index (χ4v) is 9.35. The molecule has 0 amide bonds. The van der Waals surface area contributed by atoms with E-state index in [4.69, 9.17) is 18.6 Å². The van der Waals surface area contributed by atoms with Gasteiger partial charge in [-0.1, -0.05) is 126 Å². The Bertz CT molecular complexity index is 4130. The van der Waals surface area contributed by atoms with Gasteiger partial charge in [-0.2, -0.15) is 0 Å². The largest absolute Gasteiger partial charge is 0.457 e. The molecule has 0 radical (unpaired) electrons. The van der Waals surface area contributed by atoms with E-state index < -0.39 is 17.7 Å². The minimum Gasteiger partial charge on any atom is -0.457 e. The molecular formula is C63H54N4O2. The first-order valence-corrected chi connectivity index (χ1v) is 23.1. The molecule has 0 fully saturated rings. The van der Waals surface area contributed by atoms with Gasteiger partial charge in [0.25, 0.3) is 0 Å². The van der Waals surface area contributed by atoms with Gasteiger partial charge in [0.15, 0.2) is 0 Å². The number of nitrogens with zero attached hydrogens (tertiary/aromatic N) is 4. The predicted octanol–water partition coefficient (Wildman–Crippen LogP) is 17.2. The average molecular weight is 909 g/mol. The molecule has 5 aliphatic rings. The fraction of sp³-hybridized carbons (Fsp3) is 0.159. The predicted molar refractivity (Wildman–Crippen MR) is 286 cm³/mol. The molecule has 2 aromatic heterocycles. The zero-order chi connectivity index (χ0) is 55.8. The van der Waals surface area contributed by atoms with Crippen molar-refractivity contribution in [2.75, 3.05) is 16.5 Å². The monoisotopic (exact) mass is 908 g/mol. The second-order valence-corrected chi connectivity index (χ2v) is 19.8. The van der Waals surface area contributed by atoms with Crippen LogP contribution < -0.4 is 19.3 Å². The lowest BCUT2D eigenvalue weighted by atomic mass is 9.86. The van der Waals surface area contributed by atoms with Crippen LogP contribution in [0.2, 0.25) is 0 Å². The SMILES string of the molecule is [2H]c1c([2H])c(C(C)(C)C)c([2H])c([2H])c1-c1cccc2c1N1CN(c3cccc(c3)Oc3ccc4c5c([2H])c(C(C)(C)C)c([2H])c([2H])c5n(c4c3)-c3ccc(cn3)-c3ccc(c(C([2H])([2H])[2H])c3)Oc3ccc-2cc3)c2ccccc21. The lowest BCUT2D eigenvalue weighted by Gasteiger charge is -2.27. The van der Waals surface area contributed by atoms with E-state index in [9.17, 15) is 9.60 Å². The minimum atomic E-state index is -2.58. The molecule has 0 saturated heterocycles. The molecule has 0 spiro atoms. The van der Waals surface area contributed by atoms with Crippen LogP contribution in [0.15, 0.2) is 188 Å². The Balaban J connectivity index is 1.09. The summed E-state index contributed by atoms with van der Waals surface area (Å²) in [4.78, 5) is 9.22. The van der Waals surface area contributed by atoms with Gasteiger partial charge in [-0.05, 0) is 136 Å². The Morgan fingerprint density at radius 2 is 1.22 bits per heavy atom. The maximum absolute atomic E-state index is 9.61. The molecule has 6 nitrogen and oxygen atoms in total. The Morgan fingerprint density at radius 3 is 1.96 bits per heavy atom. The lowest BCUT2D eigenvalue weighted by molar-refractivity contribution is 0.479. The quantitative estimate of drug-likeness (QED) is 0.164. The number of hydrogen-bond donors (Lipinski definition) is 0. The third-order valence-electron chi connectivity index (χ3n) is 13.0. The number of benzene rings is 8. The van der Waals surface area contributed by atoms with Crippen LogP contribution in [-0.4, -0.2) is 16.2 Å². The summed E-state index contributed by atoms with van der Waals surface area (Å²) in [7, 11) is 0. The molecule has 5 aliphatic heterocycles. The third-order valence-corrected chi connectivity index (χ3v) is 13.0. The van der Waals surface area contributed by atoms with Crippen LogP contribution in [0.3, 0.4) is 0 Å². The molecule has 0 atom stereocenters. The van der Waals surface area contributed by atoms with E-state index >= 15 is 0 Å². The van der Waals surface area contributed by atoms with Crippen molar-refractivity contribution < 1.29 is 23.2 Å². The van der Waals surface area contributed by atoms with E-state index in [0.717, 1.165) is 28.2 Å². The van der Waals surface area contributed by atoms with Gasteiger partial charge in [0, 0.05) is 55.6 Å². The Labute approximate surface area is 418 Å². The molecule has 69 heavy (non-hydrogen) atoms. The van der Waals surface area contributed by atoms with Crippen molar-refractivity contribution in [2.45, 2.75) is 59.2 Å². The highest BCUT2D eigenvalue weighted by Crippen LogP contribution is 2.51. The minimum absolute atomic E-state index is 0.0107. The van der Waals surface area contributed by atoms with Crippen molar-refractivity contribution >= 4 is 44.6 Å². The van der Waals surface area contributed by atoms with E-state index in [0.29, 0.717) is 78.4 Å². The highest BCUT2D eigenvalue weighted by atomic mass is 16.5. The number of anilines is 4. The Kier molecular flexibility index (Phi) is 7.57. The highest BCUT2D eigenvalue weighted by Gasteiger charge is 2.32. The van der Waals surface area contributed by atoms with Crippen molar-refractivity contribution in [2.24, 2.45) is 0 Å². The van der Waals surface area contributed by atoms with Crippen molar-refractivity contribution in [3.05, 3.63) is 205 Å². The molecular weight excluding hydrogens is 845 g/mol. The van der Waals surface area contributed by atoms with Gasteiger partial charge in [-0.15, -0.1) is 0 Å². The van der Waals surface area contributed by atoms with Crippen LogP contribution in [-0.2, 0) is 10.8 Å². The van der Waals surface area contributed by atoms with Crippen LogP contribution in [0.5, 0.6) is 23.0 Å². The summed E-state index contributed by atoms with van der Waals surface area (Å²) in [6, 6.07) is 42.5. The maximum atomic E-state index is 9.61. The number of ether oxygens (including phenoxy) is 2. The Hall–Kier alpha value is -8.09. The summed E-state index contributed by atoms with van der Waals surface area (Å²) in [5.41, 5.74) is 6.96. The van der Waals surface area contributed by atoms with Gasteiger partial charge in [-0.25, -0.2) is 4.98 Å². The number of fused-ring (bicyclic) bond motifs is 6. The zero-order valence-electron chi connectivity index (χ0n) is 49.2. The highest BCUT2D eigenvalue weighted by molar-refractivity contribution is 6.10. The first kappa shape index (κ1) is 32.6. The van der Waals surface area contributed by atoms with E-state index in [1.807, 2.05) is 145 Å².